The van der Waals surface area contributed by atoms with Crippen molar-refractivity contribution in [3.8, 4) is 0 Å². The zero-order chi connectivity index (χ0) is 20.3. The molecule has 162 valence electrons. The molecule has 0 rings (SSSR count). The van der Waals surface area contributed by atoms with E-state index in [9.17, 15) is 0 Å². The molecule has 0 saturated heterocycles. The van der Waals surface area contributed by atoms with Crippen molar-refractivity contribution in [1.29, 1.82) is 0 Å². The van der Waals surface area contributed by atoms with E-state index in [1.54, 1.807) is 17.3 Å². The molecule has 0 saturated carbocycles. The van der Waals surface area contributed by atoms with E-state index in [1.165, 1.54) is 77.5 Å². The van der Waals surface area contributed by atoms with Crippen LogP contribution in [0.4, 0.5) is 0 Å². The van der Waals surface area contributed by atoms with E-state index < -0.39 is 0 Å². The van der Waals surface area contributed by atoms with E-state index >= 15 is 0 Å². The van der Waals surface area contributed by atoms with Gasteiger partial charge < -0.3 is 0 Å². The molecular formula is C23H52N2Si2. The minimum absolute atomic E-state index is 0.0388. The van der Waals surface area contributed by atoms with Crippen molar-refractivity contribution < 1.29 is 0 Å². The van der Waals surface area contributed by atoms with E-state index in [0.717, 1.165) is 5.79 Å². The average Bonchev–Trinajstić information content (AvgIpc) is 2.69. The summed E-state index contributed by atoms with van der Waals surface area (Å²) in [5, 5.41) is 1.71. The van der Waals surface area contributed by atoms with Gasteiger partial charge in [-0.25, -0.2) is 0 Å². The largest absolute Gasteiger partial charge is 0.291 e. The van der Waals surface area contributed by atoms with Gasteiger partial charge in [-0.3, -0.25) is 9.80 Å². The van der Waals surface area contributed by atoms with Gasteiger partial charge in [-0.1, -0.05) is 76.7 Å². The number of hydrogen-bond donors (Lipinski definition) is 0. The minimum Gasteiger partial charge on any atom is -0.291 e. The summed E-state index contributed by atoms with van der Waals surface area (Å²) < 4.78 is 0. The van der Waals surface area contributed by atoms with Crippen molar-refractivity contribution in [2.24, 2.45) is 0 Å². The second-order valence-electron chi connectivity index (χ2n) is 8.35. The van der Waals surface area contributed by atoms with Gasteiger partial charge in [0.2, 0.25) is 0 Å². The third kappa shape index (κ3) is 13.8. The maximum absolute atomic E-state index is 2.93. The fourth-order valence-electron chi connectivity index (χ4n) is 3.74. The summed E-state index contributed by atoms with van der Waals surface area (Å²) in [7, 11) is -0.0339. The summed E-state index contributed by atoms with van der Waals surface area (Å²) in [5.74, 6) is 0.820. The smallest absolute Gasteiger partial charge is 0.0589 e. The van der Waals surface area contributed by atoms with Gasteiger partial charge in [0.05, 0.1) is 9.52 Å². The third-order valence-corrected chi connectivity index (χ3v) is 11.3. The normalized spacial score (nSPS) is 13.6. The van der Waals surface area contributed by atoms with Crippen LogP contribution in [0.25, 0.3) is 0 Å². The number of unbranched alkanes of at least 4 members (excludes halogenated alkanes) is 4. The fraction of sp³-hybridized carbons (Fsp3) is 0.913. The maximum atomic E-state index is 2.93. The highest BCUT2D eigenvalue weighted by Crippen LogP contribution is 2.14. The Morgan fingerprint density at radius 2 is 1.15 bits per heavy atom. The van der Waals surface area contributed by atoms with Gasteiger partial charge in [-0.2, -0.15) is 0 Å². The molecule has 0 bridgehead atoms. The van der Waals surface area contributed by atoms with Crippen molar-refractivity contribution in [3.05, 3.63) is 11.3 Å². The molecule has 0 amide bonds. The quantitative estimate of drug-likeness (QED) is 0.164. The molecule has 4 heteroatoms. The molecule has 2 nitrogen and oxygen atoms in total. The third-order valence-electron chi connectivity index (χ3n) is 5.81. The molecule has 0 aliphatic rings. The molecule has 0 radical (unpaired) electrons. The summed E-state index contributed by atoms with van der Waals surface area (Å²) in [6.45, 7) is 19.3. The van der Waals surface area contributed by atoms with E-state index in [0.29, 0.717) is 0 Å². The molecule has 0 aromatic heterocycles. The maximum Gasteiger partial charge on any atom is 0.0589 e. The highest BCUT2D eigenvalue weighted by molar-refractivity contribution is 6.48. The Bertz CT molecular complexity index is 311. The molecule has 0 unspecified atom stereocenters. The lowest BCUT2D eigenvalue weighted by Crippen LogP contribution is -2.53. The molecule has 27 heavy (non-hydrogen) atoms. The van der Waals surface area contributed by atoms with Gasteiger partial charge in [0.25, 0.3) is 0 Å². The summed E-state index contributed by atoms with van der Waals surface area (Å²) in [4.78, 5) is 5.85. The van der Waals surface area contributed by atoms with Gasteiger partial charge in [0.1, 0.15) is 0 Å². The minimum atomic E-state index is -0.0727. The second-order valence-corrected chi connectivity index (χ2v) is 12.7. The lowest BCUT2D eigenvalue weighted by Gasteiger charge is -2.40. The Morgan fingerprint density at radius 1 is 0.741 bits per heavy atom. The van der Waals surface area contributed by atoms with Crippen LogP contribution < -0.4 is 0 Å². The van der Waals surface area contributed by atoms with Crippen LogP contribution in [-0.4, -0.2) is 60.8 Å². The topological polar surface area (TPSA) is 6.48 Å². The first kappa shape index (κ1) is 27.1. The van der Waals surface area contributed by atoms with Gasteiger partial charge in [-0.15, -0.1) is 0 Å². The lowest BCUT2D eigenvalue weighted by molar-refractivity contribution is 0.0901. The highest BCUT2D eigenvalue weighted by Gasteiger charge is 2.24. The molecule has 0 fully saturated rings. The molecule has 0 heterocycles. The molecule has 0 aliphatic carbocycles. The number of allylic oxidation sites excluding steroid dienone is 2. The lowest BCUT2D eigenvalue weighted by atomic mass is 10.2. The van der Waals surface area contributed by atoms with Crippen molar-refractivity contribution in [1.82, 2.24) is 9.80 Å². The predicted molar refractivity (Wildman–Crippen MR) is 133 cm³/mol. The number of nitrogens with zero attached hydrogens (tertiary/aromatic N) is 2. The Hall–Kier alpha value is 0.0938. The summed E-state index contributed by atoms with van der Waals surface area (Å²) in [6.07, 6.45) is 13.2. The first-order valence-electron chi connectivity index (χ1n) is 12.2. The highest BCUT2D eigenvalue weighted by atomic mass is 28.2. The zero-order valence-corrected chi connectivity index (χ0v) is 22.7. The fourth-order valence-corrected chi connectivity index (χ4v) is 8.56. The predicted octanol–water partition coefficient (Wildman–Crippen LogP) is 5.17. The van der Waals surface area contributed by atoms with E-state index in [2.05, 4.69) is 57.4 Å². The summed E-state index contributed by atoms with van der Waals surface area (Å²) >= 11 is 0. The van der Waals surface area contributed by atoms with Crippen LogP contribution in [0.15, 0.2) is 11.3 Å². The Labute approximate surface area is 177 Å². The van der Waals surface area contributed by atoms with Crippen LogP contribution in [0.1, 0.15) is 92.9 Å². The SMILES string of the molecule is CC=C(C)[SiH2]CC[SiH2]C(N(CCCC)CCCC)N(CCCC)CCCC. The Balaban J connectivity index is 5.10. The van der Waals surface area contributed by atoms with Crippen molar-refractivity contribution >= 4 is 19.0 Å². The Morgan fingerprint density at radius 3 is 1.48 bits per heavy atom. The first-order valence-corrected chi connectivity index (χ1v) is 15.8. The van der Waals surface area contributed by atoms with Crippen molar-refractivity contribution in [3.63, 3.8) is 0 Å². The van der Waals surface area contributed by atoms with Gasteiger partial charge in [-0.05, 0) is 65.7 Å². The first-order chi connectivity index (χ1) is 13.1. The van der Waals surface area contributed by atoms with Gasteiger partial charge in [0, 0.05) is 15.3 Å². The van der Waals surface area contributed by atoms with E-state index in [-0.39, 0.29) is 19.0 Å². The molecule has 0 N–H and O–H groups in total. The molecular weight excluding hydrogens is 360 g/mol. The van der Waals surface area contributed by atoms with Crippen LogP contribution in [0.5, 0.6) is 0 Å². The summed E-state index contributed by atoms with van der Waals surface area (Å²) in [6, 6.07) is 3.11. The van der Waals surface area contributed by atoms with Crippen LogP contribution >= 0.6 is 0 Å². The number of hydrogen-bond acceptors (Lipinski definition) is 2. The number of rotatable bonds is 19. The van der Waals surface area contributed by atoms with Crippen LogP contribution in [0.2, 0.25) is 12.1 Å². The van der Waals surface area contributed by atoms with Gasteiger partial charge >= 0.3 is 0 Å². The molecule has 0 spiro atoms. The molecule has 0 aliphatic heterocycles. The molecule has 0 aromatic carbocycles. The van der Waals surface area contributed by atoms with Crippen molar-refractivity contribution in [2.45, 2.75) is 111 Å². The second kappa shape index (κ2) is 19.4. The van der Waals surface area contributed by atoms with Crippen LogP contribution in [0, 0.1) is 0 Å². The standard InChI is InChI=1S/C23H52N2Si2/c1-7-12-16-24(17-13-8-2)23(27-21-20-26-22(6)11-5)25(18-14-9-3)19-15-10-4/h11,23H,7-10,12-21,26-27H2,1-6H3. The van der Waals surface area contributed by atoms with Crippen LogP contribution in [0.3, 0.4) is 0 Å². The van der Waals surface area contributed by atoms with E-state index in [4.69, 9.17) is 0 Å². The zero-order valence-electron chi connectivity index (χ0n) is 19.9. The van der Waals surface area contributed by atoms with Gasteiger partial charge in [0.15, 0.2) is 0 Å². The average molecular weight is 413 g/mol. The van der Waals surface area contributed by atoms with E-state index in [1.807, 2.05) is 0 Å². The molecule has 0 aromatic rings. The Kier molecular flexibility index (Phi) is 19.5. The van der Waals surface area contributed by atoms with Crippen molar-refractivity contribution in [2.75, 3.05) is 26.2 Å². The summed E-state index contributed by atoms with van der Waals surface area (Å²) in [5.41, 5.74) is 0. The van der Waals surface area contributed by atoms with Crippen LogP contribution in [-0.2, 0) is 0 Å². The monoisotopic (exact) mass is 412 g/mol. The molecule has 0 atom stereocenters.